The summed E-state index contributed by atoms with van der Waals surface area (Å²) in [5.41, 5.74) is 0.421. The molecule has 0 aliphatic heterocycles. The van der Waals surface area contributed by atoms with Gasteiger partial charge in [-0.05, 0) is 40.5 Å². The molecule has 0 radical (unpaired) electrons. The van der Waals surface area contributed by atoms with Crippen molar-refractivity contribution in [1.82, 2.24) is 5.32 Å². The molecule has 0 saturated carbocycles. The highest BCUT2D eigenvalue weighted by molar-refractivity contribution is 9.11. The fraction of sp³-hybridized carbons (Fsp3) is 0.214. The minimum atomic E-state index is -0.573. The maximum Gasteiger partial charge on any atom is 0.262 e. The van der Waals surface area contributed by atoms with Gasteiger partial charge in [0.1, 0.15) is 0 Å². The van der Waals surface area contributed by atoms with Gasteiger partial charge in [0.05, 0.1) is 14.2 Å². The van der Waals surface area contributed by atoms with Gasteiger partial charge < -0.3 is 5.32 Å². The lowest BCUT2D eigenvalue weighted by Crippen LogP contribution is -2.44. The van der Waals surface area contributed by atoms with Crippen molar-refractivity contribution >= 4 is 44.8 Å². The van der Waals surface area contributed by atoms with Crippen molar-refractivity contribution in [2.75, 3.05) is 5.88 Å². The van der Waals surface area contributed by atoms with Gasteiger partial charge in [0.15, 0.2) is 0 Å². The van der Waals surface area contributed by atoms with Crippen LogP contribution in [-0.4, -0.2) is 11.8 Å². The minimum absolute atomic E-state index is 0.109. The summed E-state index contributed by atoms with van der Waals surface area (Å²) >= 11 is 10.8. The van der Waals surface area contributed by atoms with Crippen LogP contribution in [0.4, 0.5) is 0 Å². The Morgan fingerprint density at radius 1 is 1.32 bits per heavy atom. The maximum atomic E-state index is 12.2. The van der Waals surface area contributed by atoms with E-state index in [4.69, 9.17) is 11.6 Å². The molecule has 1 heterocycles. The molecule has 0 fully saturated rings. The van der Waals surface area contributed by atoms with Gasteiger partial charge in [-0.3, -0.25) is 4.79 Å². The molecule has 1 N–H and O–H groups in total. The van der Waals surface area contributed by atoms with Crippen molar-refractivity contribution < 1.29 is 4.79 Å². The Labute approximate surface area is 129 Å². The highest BCUT2D eigenvalue weighted by Crippen LogP contribution is 2.26. The smallest absolute Gasteiger partial charge is 0.262 e. The Morgan fingerprint density at radius 2 is 2.00 bits per heavy atom. The van der Waals surface area contributed by atoms with Crippen molar-refractivity contribution in [3.63, 3.8) is 0 Å². The summed E-state index contributed by atoms with van der Waals surface area (Å²) < 4.78 is 0.935. The highest BCUT2D eigenvalue weighted by Gasteiger charge is 2.28. The van der Waals surface area contributed by atoms with E-state index < -0.39 is 5.54 Å². The lowest BCUT2D eigenvalue weighted by molar-refractivity contribution is 0.0917. The van der Waals surface area contributed by atoms with Gasteiger partial charge in [-0.2, -0.15) is 0 Å². The molecule has 1 atom stereocenters. The average molecular weight is 359 g/mol. The monoisotopic (exact) mass is 357 g/mol. The summed E-state index contributed by atoms with van der Waals surface area (Å²) in [5.74, 6) is 0.206. The lowest BCUT2D eigenvalue weighted by Gasteiger charge is -2.29. The van der Waals surface area contributed by atoms with E-state index >= 15 is 0 Å². The Kier molecular flexibility index (Phi) is 4.66. The van der Waals surface area contributed by atoms with E-state index in [1.54, 1.807) is 6.07 Å². The third-order valence-corrected chi connectivity index (χ3v) is 5.02. The molecule has 1 amide bonds. The molecule has 0 aliphatic carbocycles. The SMILES string of the molecule is CC(CCl)(NC(=O)c1ccc(Br)s1)c1ccccc1. The number of thiophene rings is 1. The number of hydrogen-bond acceptors (Lipinski definition) is 2. The molecule has 0 bridgehead atoms. The van der Waals surface area contributed by atoms with E-state index in [0.29, 0.717) is 10.8 Å². The number of amides is 1. The minimum Gasteiger partial charge on any atom is -0.341 e. The number of alkyl halides is 1. The maximum absolute atomic E-state index is 12.2. The Balaban J connectivity index is 2.22. The molecule has 1 unspecified atom stereocenters. The number of halogens is 2. The topological polar surface area (TPSA) is 29.1 Å². The predicted molar refractivity (Wildman–Crippen MR) is 84.0 cm³/mol. The summed E-state index contributed by atoms with van der Waals surface area (Å²) in [4.78, 5) is 12.9. The molecule has 0 saturated heterocycles. The zero-order valence-corrected chi connectivity index (χ0v) is 13.5. The van der Waals surface area contributed by atoms with Gasteiger partial charge >= 0.3 is 0 Å². The van der Waals surface area contributed by atoms with Crippen LogP contribution in [0.5, 0.6) is 0 Å². The first-order chi connectivity index (χ1) is 9.05. The number of rotatable bonds is 4. The zero-order chi connectivity index (χ0) is 13.9. The second-order valence-electron chi connectivity index (χ2n) is 4.39. The van der Waals surface area contributed by atoms with Crippen LogP contribution in [-0.2, 0) is 5.54 Å². The van der Waals surface area contributed by atoms with Crippen LogP contribution in [0.25, 0.3) is 0 Å². The van der Waals surface area contributed by atoms with Crippen LogP contribution in [0.1, 0.15) is 22.2 Å². The molecule has 0 spiro atoms. The summed E-state index contributed by atoms with van der Waals surface area (Å²) in [6.07, 6.45) is 0. The summed E-state index contributed by atoms with van der Waals surface area (Å²) in [5, 5.41) is 3.01. The molecule has 5 heteroatoms. The zero-order valence-electron chi connectivity index (χ0n) is 10.3. The van der Waals surface area contributed by atoms with Gasteiger partial charge in [0.2, 0.25) is 0 Å². The molecule has 19 heavy (non-hydrogen) atoms. The van der Waals surface area contributed by atoms with Crippen LogP contribution in [0.3, 0.4) is 0 Å². The van der Waals surface area contributed by atoms with Crippen molar-refractivity contribution in [2.24, 2.45) is 0 Å². The first kappa shape index (κ1) is 14.6. The van der Waals surface area contributed by atoms with E-state index in [1.807, 2.05) is 43.3 Å². The van der Waals surface area contributed by atoms with Gasteiger partial charge in [-0.1, -0.05) is 30.3 Å². The summed E-state index contributed by atoms with van der Waals surface area (Å²) in [6, 6.07) is 13.4. The van der Waals surface area contributed by atoms with Gasteiger partial charge in [-0.25, -0.2) is 0 Å². The summed E-state index contributed by atoms with van der Waals surface area (Å²) in [7, 11) is 0. The van der Waals surface area contributed by atoms with Crippen molar-refractivity contribution in [1.29, 1.82) is 0 Å². The van der Waals surface area contributed by atoms with Crippen LogP contribution in [0.15, 0.2) is 46.3 Å². The van der Waals surface area contributed by atoms with Crippen LogP contribution < -0.4 is 5.32 Å². The van der Waals surface area contributed by atoms with Crippen molar-refractivity contribution in [2.45, 2.75) is 12.5 Å². The second-order valence-corrected chi connectivity index (χ2v) is 7.12. The van der Waals surface area contributed by atoms with Gasteiger partial charge in [0, 0.05) is 5.88 Å². The normalized spacial score (nSPS) is 13.8. The van der Waals surface area contributed by atoms with Crippen LogP contribution >= 0.6 is 38.9 Å². The molecule has 100 valence electrons. The van der Waals surface area contributed by atoms with Crippen LogP contribution in [0, 0.1) is 0 Å². The third-order valence-electron chi connectivity index (χ3n) is 2.86. The fourth-order valence-electron chi connectivity index (χ4n) is 1.74. The van der Waals surface area contributed by atoms with E-state index in [-0.39, 0.29) is 5.91 Å². The largest absolute Gasteiger partial charge is 0.341 e. The Morgan fingerprint density at radius 3 is 2.53 bits per heavy atom. The predicted octanol–water partition coefficient (Wildman–Crippen LogP) is 4.39. The van der Waals surface area contributed by atoms with Crippen molar-refractivity contribution in [3.8, 4) is 0 Å². The van der Waals surface area contributed by atoms with E-state index in [2.05, 4.69) is 21.2 Å². The number of nitrogens with one attached hydrogen (secondary N) is 1. The van der Waals surface area contributed by atoms with E-state index in [0.717, 1.165) is 9.35 Å². The quantitative estimate of drug-likeness (QED) is 0.807. The van der Waals surface area contributed by atoms with E-state index in [1.165, 1.54) is 11.3 Å². The number of benzene rings is 1. The molecule has 0 aliphatic rings. The Bertz CT molecular complexity index is 572. The highest BCUT2D eigenvalue weighted by atomic mass is 79.9. The van der Waals surface area contributed by atoms with Gasteiger partial charge in [-0.15, -0.1) is 22.9 Å². The first-order valence-corrected chi connectivity index (χ1v) is 7.89. The average Bonchev–Trinajstić information content (AvgIpc) is 2.86. The van der Waals surface area contributed by atoms with E-state index in [9.17, 15) is 4.79 Å². The third kappa shape index (κ3) is 3.38. The molecule has 1 aromatic heterocycles. The molecule has 2 nitrogen and oxygen atoms in total. The first-order valence-electron chi connectivity index (χ1n) is 5.74. The number of hydrogen-bond donors (Lipinski definition) is 1. The molecule has 2 aromatic rings. The van der Waals surface area contributed by atoms with Crippen LogP contribution in [0.2, 0.25) is 0 Å². The second kappa shape index (κ2) is 6.07. The molecular weight excluding hydrogens is 346 g/mol. The standard InChI is InChI=1S/C14H13BrClNOS/c1-14(9-16,10-5-3-2-4-6-10)17-13(18)11-7-8-12(15)19-11/h2-8H,9H2,1H3,(H,17,18). The lowest BCUT2D eigenvalue weighted by atomic mass is 9.94. The fourth-order valence-corrected chi connectivity index (χ4v) is 3.24. The number of carbonyl (C=O) groups excluding carboxylic acids is 1. The van der Waals surface area contributed by atoms with Gasteiger partial charge in [0.25, 0.3) is 5.91 Å². The summed E-state index contributed by atoms with van der Waals surface area (Å²) in [6.45, 7) is 1.93. The molecular formula is C14H13BrClNOS. The Hall–Kier alpha value is -0.840. The van der Waals surface area contributed by atoms with Crippen molar-refractivity contribution in [3.05, 3.63) is 56.7 Å². The molecule has 1 aromatic carbocycles. The number of carbonyl (C=O) groups is 1. The molecule has 2 rings (SSSR count).